The van der Waals surface area contributed by atoms with Gasteiger partial charge >= 0.3 is 0 Å². The van der Waals surface area contributed by atoms with Gasteiger partial charge in [-0.25, -0.2) is 0 Å². The summed E-state index contributed by atoms with van der Waals surface area (Å²) < 4.78 is 5.11. The second-order valence-corrected chi connectivity index (χ2v) is 5.99. The molecule has 1 N–H and O–H groups in total. The molecular formula is C18H25NO2. The number of nitrogens with one attached hydrogen (secondary N) is 1. The minimum Gasteiger partial charge on any atom is -0.497 e. The second-order valence-electron chi connectivity index (χ2n) is 5.99. The van der Waals surface area contributed by atoms with Crippen molar-refractivity contribution in [2.45, 2.75) is 39.2 Å². The summed E-state index contributed by atoms with van der Waals surface area (Å²) in [7, 11) is 1.64. The molecule has 3 nitrogen and oxygen atoms in total. The minimum absolute atomic E-state index is 0.00299. The van der Waals surface area contributed by atoms with E-state index < -0.39 is 0 Å². The van der Waals surface area contributed by atoms with E-state index in [9.17, 15) is 4.79 Å². The molecule has 1 aromatic carbocycles. The van der Waals surface area contributed by atoms with E-state index in [4.69, 9.17) is 4.74 Å². The van der Waals surface area contributed by atoms with Gasteiger partial charge in [0.15, 0.2) is 0 Å². The van der Waals surface area contributed by atoms with Crippen LogP contribution in [0.4, 0.5) is 0 Å². The maximum absolute atomic E-state index is 12.0. The summed E-state index contributed by atoms with van der Waals surface area (Å²) in [4.78, 5) is 12.0. The molecule has 2 rings (SSSR count). The van der Waals surface area contributed by atoms with Crippen LogP contribution in [0.3, 0.4) is 0 Å². The van der Waals surface area contributed by atoms with Gasteiger partial charge in [0.05, 0.1) is 7.11 Å². The summed E-state index contributed by atoms with van der Waals surface area (Å²) in [5.74, 6) is 2.06. The van der Waals surface area contributed by atoms with Gasteiger partial charge in [0.2, 0.25) is 5.91 Å². The Kier molecular flexibility index (Phi) is 5.43. The molecule has 0 radical (unpaired) electrons. The zero-order chi connectivity index (χ0) is 15.2. The van der Waals surface area contributed by atoms with Crippen LogP contribution < -0.4 is 10.1 Å². The lowest BCUT2D eigenvalue weighted by Gasteiger charge is -2.34. The topological polar surface area (TPSA) is 38.3 Å². The summed E-state index contributed by atoms with van der Waals surface area (Å²) in [6, 6.07) is 7.97. The van der Waals surface area contributed by atoms with Crippen LogP contribution in [0.5, 0.6) is 5.75 Å². The van der Waals surface area contributed by atoms with Crippen molar-refractivity contribution >= 4 is 12.0 Å². The first-order valence-corrected chi connectivity index (χ1v) is 7.73. The van der Waals surface area contributed by atoms with Gasteiger partial charge in [0.1, 0.15) is 5.75 Å². The van der Waals surface area contributed by atoms with Crippen LogP contribution in [0, 0.1) is 11.8 Å². The molecular weight excluding hydrogens is 262 g/mol. The van der Waals surface area contributed by atoms with Gasteiger partial charge in [-0.2, -0.15) is 0 Å². The molecule has 1 aliphatic rings. The maximum Gasteiger partial charge on any atom is 0.244 e. The fourth-order valence-corrected chi connectivity index (χ4v) is 2.90. The minimum atomic E-state index is -0.00299. The third-order valence-corrected chi connectivity index (χ3v) is 4.58. The number of ether oxygens (including phenoxy) is 1. The Bertz CT molecular complexity index is 492. The van der Waals surface area contributed by atoms with Crippen molar-refractivity contribution < 1.29 is 9.53 Å². The van der Waals surface area contributed by atoms with Crippen molar-refractivity contribution in [1.82, 2.24) is 5.32 Å². The van der Waals surface area contributed by atoms with E-state index in [1.807, 2.05) is 30.3 Å². The quantitative estimate of drug-likeness (QED) is 0.858. The van der Waals surface area contributed by atoms with Gasteiger partial charge in [-0.05, 0) is 42.0 Å². The lowest BCUT2D eigenvalue weighted by Crippen LogP contribution is -2.43. The lowest BCUT2D eigenvalue weighted by molar-refractivity contribution is -0.117. The van der Waals surface area contributed by atoms with E-state index >= 15 is 0 Å². The zero-order valence-corrected chi connectivity index (χ0v) is 13.1. The van der Waals surface area contributed by atoms with Gasteiger partial charge in [0.25, 0.3) is 0 Å². The molecule has 3 heteroatoms. The fraction of sp³-hybridized carbons (Fsp3) is 0.500. The predicted octanol–water partition coefficient (Wildman–Crippen LogP) is 3.65. The fourth-order valence-electron chi connectivity index (χ4n) is 2.90. The number of amides is 1. The predicted molar refractivity (Wildman–Crippen MR) is 86.1 cm³/mol. The first-order chi connectivity index (χ1) is 10.1. The van der Waals surface area contributed by atoms with Gasteiger partial charge in [-0.1, -0.05) is 38.8 Å². The Morgan fingerprint density at radius 3 is 2.62 bits per heavy atom. The molecule has 21 heavy (non-hydrogen) atoms. The summed E-state index contributed by atoms with van der Waals surface area (Å²) in [5, 5.41) is 3.14. The third kappa shape index (κ3) is 4.35. The molecule has 0 aliphatic heterocycles. The lowest BCUT2D eigenvalue weighted by atomic mass is 9.78. The van der Waals surface area contributed by atoms with Crippen LogP contribution in [0.2, 0.25) is 0 Å². The maximum atomic E-state index is 12.0. The van der Waals surface area contributed by atoms with E-state index in [0.29, 0.717) is 17.9 Å². The van der Waals surface area contributed by atoms with Crippen LogP contribution in [0.15, 0.2) is 30.3 Å². The number of carbonyl (C=O) groups is 1. The molecule has 1 fully saturated rings. The van der Waals surface area contributed by atoms with Crippen molar-refractivity contribution in [2.24, 2.45) is 11.8 Å². The highest BCUT2D eigenvalue weighted by molar-refractivity contribution is 5.91. The Labute approximate surface area is 127 Å². The molecule has 1 aliphatic carbocycles. The average molecular weight is 287 g/mol. The Balaban J connectivity index is 1.89. The van der Waals surface area contributed by atoms with E-state index in [1.54, 1.807) is 13.2 Å². The van der Waals surface area contributed by atoms with E-state index in [2.05, 4.69) is 19.2 Å². The SMILES string of the molecule is COc1ccc(/C=C/C(=O)N[C@H]2CCC[C@H](C)[C@H]2C)cc1. The molecule has 0 saturated heterocycles. The highest BCUT2D eigenvalue weighted by atomic mass is 16.5. The standard InChI is InChI=1S/C18H25NO2/c1-13-5-4-6-17(14(13)2)19-18(20)12-9-15-7-10-16(21-3)11-8-15/h7-14,17H,4-6H2,1-3H3,(H,19,20)/b12-9+/t13-,14+,17-/m0/s1. The Morgan fingerprint density at radius 2 is 1.95 bits per heavy atom. The van der Waals surface area contributed by atoms with Gasteiger partial charge in [-0.15, -0.1) is 0 Å². The first kappa shape index (κ1) is 15.6. The summed E-state index contributed by atoms with van der Waals surface area (Å²) in [6.07, 6.45) is 7.03. The molecule has 0 unspecified atom stereocenters. The first-order valence-electron chi connectivity index (χ1n) is 7.73. The van der Waals surface area contributed by atoms with Crippen LogP contribution in [-0.4, -0.2) is 19.1 Å². The smallest absolute Gasteiger partial charge is 0.244 e. The number of benzene rings is 1. The molecule has 0 aromatic heterocycles. The third-order valence-electron chi connectivity index (χ3n) is 4.58. The monoisotopic (exact) mass is 287 g/mol. The highest BCUT2D eigenvalue weighted by Crippen LogP contribution is 2.29. The molecule has 114 valence electrons. The van der Waals surface area contributed by atoms with Gasteiger partial charge in [-0.3, -0.25) is 4.79 Å². The van der Waals surface area contributed by atoms with Crippen molar-refractivity contribution in [3.05, 3.63) is 35.9 Å². The van der Waals surface area contributed by atoms with Crippen LogP contribution in [-0.2, 0) is 4.79 Å². The van der Waals surface area contributed by atoms with Gasteiger partial charge < -0.3 is 10.1 Å². The van der Waals surface area contributed by atoms with Crippen LogP contribution in [0.25, 0.3) is 6.08 Å². The summed E-state index contributed by atoms with van der Waals surface area (Å²) in [6.45, 7) is 4.51. The van der Waals surface area contributed by atoms with Crippen LogP contribution >= 0.6 is 0 Å². The number of hydrogen-bond donors (Lipinski definition) is 1. The van der Waals surface area contributed by atoms with E-state index in [1.165, 1.54) is 12.8 Å². The largest absolute Gasteiger partial charge is 0.497 e. The summed E-state index contributed by atoms with van der Waals surface area (Å²) in [5.41, 5.74) is 0.996. The second kappa shape index (κ2) is 7.30. The number of carbonyl (C=O) groups excluding carboxylic acids is 1. The summed E-state index contributed by atoms with van der Waals surface area (Å²) >= 11 is 0. The van der Waals surface area contributed by atoms with Crippen molar-refractivity contribution in [1.29, 1.82) is 0 Å². The molecule has 1 saturated carbocycles. The zero-order valence-electron chi connectivity index (χ0n) is 13.1. The molecule has 0 bridgehead atoms. The van der Waals surface area contributed by atoms with E-state index in [-0.39, 0.29) is 5.91 Å². The number of rotatable bonds is 4. The number of methoxy groups -OCH3 is 1. The molecule has 0 spiro atoms. The van der Waals surface area contributed by atoms with Crippen LogP contribution in [0.1, 0.15) is 38.7 Å². The highest BCUT2D eigenvalue weighted by Gasteiger charge is 2.27. The molecule has 1 aromatic rings. The number of hydrogen-bond acceptors (Lipinski definition) is 2. The molecule has 1 amide bonds. The van der Waals surface area contributed by atoms with Gasteiger partial charge in [0, 0.05) is 12.1 Å². The molecule has 0 heterocycles. The van der Waals surface area contributed by atoms with E-state index in [0.717, 1.165) is 17.7 Å². The van der Waals surface area contributed by atoms with Crippen molar-refractivity contribution in [3.63, 3.8) is 0 Å². The average Bonchev–Trinajstić information content (AvgIpc) is 2.50. The molecule has 3 atom stereocenters. The Hall–Kier alpha value is -1.77. The Morgan fingerprint density at radius 1 is 1.24 bits per heavy atom. The normalized spacial score (nSPS) is 25.8. The van der Waals surface area contributed by atoms with Crippen molar-refractivity contribution in [2.75, 3.05) is 7.11 Å². The van der Waals surface area contributed by atoms with Crippen molar-refractivity contribution in [3.8, 4) is 5.75 Å².